The van der Waals surface area contributed by atoms with E-state index in [1.54, 1.807) is 0 Å². The lowest BCUT2D eigenvalue weighted by Crippen LogP contribution is -2.19. The molecule has 2 rings (SSSR count). The standard InChI is InChI=1S/C11H21NO/c1(6-12-8-10-2-3-10)7-13-9-11-4-5-11/h10-12H,1-9H2. The molecule has 0 atom stereocenters. The summed E-state index contributed by atoms with van der Waals surface area (Å²) >= 11 is 0. The van der Waals surface area contributed by atoms with Crippen molar-refractivity contribution in [2.45, 2.75) is 32.1 Å². The van der Waals surface area contributed by atoms with Crippen LogP contribution in [0, 0.1) is 11.8 Å². The highest BCUT2D eigenvalue weighted by Gasteiger charge is 2.21. The fourth-order valence-corrected chi connectivity index (χ4v) is 1.46. The third kappa shape index (κ3) is 4.63. The van der Waals surface area contributed by atoms with Crippen molar-refractivity contribution in [2.75, 3.05) is 26.3 Å². The smallest absolute Gasteiger partial charge is 0.0494 e. The number of nitrogens with one attached hydrogen (secondary N) is 1. The van der Waals surface area contributed by atoms with Crippen LogP contribution in [0.25, 0.3) is 0 Å². The van der Waals surface area contributed by atoms with Crippen molar-refractivity contribution in [3.8, 4) is 0 Å². The van der Waals surface area contributed by atoms with Gasteiger partial charge in [0.15, 0.2) is 0 Å². The van der Waals surface area contributed by atoms with Crippen LogP contribution in [0.2, 0.25) is 0 Å². The Morgan fingerprint density at radius 1 is 1.08 bits per heavy atom. The first-order valence-corrected chi connectivity index (χ1v) is 5.73. The third-order valence-corrected chi connectivity index (χ3v) is 2.82. The van der Waals surface area contributed by atoms with E-state index < -0.39 is 0 Å². The molecule has 0 bridgehead atoms. The molecule has 0 heterocycles. The summed E-state index contributed by atoms with van der Waals surface area (Å²) in [5.41, 5.74) is 0. The van der Waals surface area contributed by atoms with Gasteiger partial charge in [-0.2, -0.15) is 0 Å². The molecule has 0 aromatic rings. The Balaban J connectivity index is 1.28. The quantitative estimate of drug-likeness (QED) is 0.579. The first-order chi connectivity index (χ1) is 6.45. The van der Waals surface area contributed by atoms with Crippen molar-refractivity contribution >= 4 is 0 Å². The Hall–Kier alpha value is -0.0800. The van der Waals surface area contributed by atoms with Crippen LogP contribution in [0.3, 0.4) is 0 Å². The molecule has 0 amide bonds. The van der Waals surface area contributed by atoms with Gasteiger partial charge in [0.25, 0.3) is 0 Å². The summed E-state index contributed by atoms with van der Waals surface area (Å²) in [5, 5.41) is 3.47. The fraction of sp³-hybridized carbons (Fsp3) is 1.00. The summed E-state index contributed by atoms with van der Waals surface area (Å²) in [6, 6.07) is 0. The van der Waals surface area contributed by atoms with Crippen LogP contribution in [-0.2, 0) is 4.74 Å². The molecule has 76 valence electrons. The second kappa shape index (κ2) is 4.97. The molecule has 0 aromatic carbocycles. The predicted octanol–water partition coefficient (Wildman–Crippen LogP) is 1.80. The number of hydrogen-bond donors (Lipinski definition) is 1. The van der Waals surface area contributed by atoms with Gasteiger partial charge >= 0.3 is 0 Å². The van der Waals surface area contributed by atoms with E-state index in [1.807, 2.05) is 0 Å². The van der Waals surface area contributed by atoms with E-state index in [1.165, 1.54) is 38.6 Å². The van der Waals surface area contributed by atoms with Gasteiger partial charge in [-0.05, 0) is 57.0 Å². The van der Waals surface area contributed by atoms with E-state index >= 15 is 0 Å². The van der Waals surface area contributed by atoms with Crippen LogP contribution in [0.15, 0.2) is 0 Å². The largest absolute Gasteiger partial charge is 0.381 e. The second-order valence-electron chi connectivity index (χ2n) is 4.52. The lowest BCUT2D eigenvalue weighted by molar-refractivity contribution is 0.122. The van der Waals surface area contributed by atoms with Crippen molar-refractivity contribution < 1.29 is 4.74 Å². The second-order valence-corrected chi connectivity index (χ2v) is 4.52. The average molecular weight is 183 g/mol. The monoisotopic (exact) mass is 183 g/mol. The summed E-state index contributed by atoms with van der Waals surface area (Å²) < 4.78 is 5.54. The maximum Gasteiger partial charge on any atom is 0.0494 e. The van der Waals surface area contributed by atoms with Gasteiger partial charge in [0.2, 0.25) is 0 Å². The normalized spacial score (nSPS) is 22.2. The molecule has 1 N–H and O–H groups in total. The molecular formula is C11H21NO. The molecule has 2 saturated carbocycles. The number of ether oxygens (including phenoxy) is 1. The van der Waals surface area contributed by atoms with E-state index in [0.29, 0.717) is 0 Å². The first kappa shape index (κ1) is 9.47. The number of rotatable bonds is 8. The topological polar surface area (TPSA) is 21.3 Å². The zero-order chi connectivity index (χ0) is 8.93. The summed E-state index contributed by atoms with van der Waals surface area (Å²) in [5.74, 6) is 1.92. The molecule has 0 aromatic heterocycles. The first-order valence-electron chi connectivity index (χ1n) is 5.73. The van der Waals surface area contributed by atoms with Crippen molar-refractivity contribution in [1.29, 1.82) is 0 Å². The molecular weight excluding hydrogens is 162 g/mol. The van der Waals surface area contributed by atoms with Crippen LogP contribution < -0.4 is 5.32 Å². The lowest BCUT2D eigenvalue weighted by atomic mass is 10.4. The molecule has 2 aliphatic carbocycles. The highest BCUT2D eigenvalue weighted by Crippen LogP contribution is 2.28. The van der Waals surface area contributed by atoms with Gasteiger partial charge in [-0.15, -0.1) is 0 Å². The molecule has 0 saturated heterocycles. The third-order valence-electron chi connectivity index (χ3n) is 2.82. The van der Waals surface area contributed by atoms with E-state index in [4.69, 9.17) is 4.74 Å². The summed E-state index contributed by atoms with van der Waals surface area (Å²) in [6.45, 7) is 4.35. The molecule has 0 unspecified atom stereocenters. The average Bonchev–Trinajstić information content (AvgIpc) is 2.99. The van der Waals surface area contributed by atoms with Gasteiger partial charge in [-0.25, -0.2) is 0 Å². The molecule has 2 fully saturated rings. The minimum Gasteiger partial charge on any atom is -0.381 e. The van der Waals surface area contributed by atoms with Gasteiger partial charge in [-0.1, -0.05) is 0 Å². The molecule has 0 spiro atoms. The van der Waals surface area contributed by atoms with Gasteiger partial charge in [0.05, 0.1) is 0 Å². The van der Waals surface area contributed by atoms with E-state index in [0.717, 1.165) is 31.6 Å². The fourth-order valence-electron chi connectivity index (χ4n) is 1.46. The van der Waals surface area contributed by atoms with Gasteiger partial charge in [0.1, 0.15) is 0 Å². The van der Waals surface area contributed by atoms with Crippen LogP contribution in [0.1, 0.15) is 32.1 Å². The van der Waals surface area contributed by atoms with Gasteiger partial charge in [-0.3, -0.25) is 0 Å². The Morgan fingerprint density at radius 3 is 2.54 bits per heavy atom. The van der Waals surface area contributed by atoms with Crippen LogP contribution in [0.5, 0.6) is 0 Å². The van der Waals surface area contributed by atoms with Gasteiger partial charge in [0, 0.05) is 13.2 Å². The van der Waals surface area contributed by atoms with E-state index in [-0.39, 0.29) is 0 Å². The zero-order valence-electron chi connectivity index (χ0n) is 8.43. The Bertz CT molecular complexity index is 125. The van der Waals surface area contributed by atoms with Crippen molar-refractivity contribution in [3.63, 3.8) is 0 Å². The van der Waals surface area contributed by atoms with Crippen molar-refractivity contribution in [2.24, 2.45) is 11.8 Å². The lowest BCUT2D eigenvalue weighted by Gasteiger charge is -2.04. The van der Waals surface area contributed by atoms with Crippen LogP contribution in [0.4, 0.5) is 0 Å². The van der Waals surface area contributed by atoms with Crippen LogP contribution >= 0.6 is 0 Å². The molecule has 2 heteroatoms. The predicted molar refractivity (Wildman–Crippen MR) is 53.8 cm³/mol. The molecule has 0 radical (unpaired) electrons. The molecule has 0 aliphatic heterocycles. The Labute approximate surface area is 81.0 Å². The highest BCUT2D eigenvalue weighted by molar-refractivity contribution is 4.75. The van der Waals surface area contributed by atoms with Crippen LogP contribution in [-0.4, -0.2) is 26.3 Å². The van der Waals surface area contributed by atoms with Crippen molar-refractivity contribution in [1.82, 2.24) is 5.32 Å². The van der Waals surface area contributed by atoms with Gasteiger partial charge < -0.3 is 10.1 Å². The summed E-state index contributed by atoms with van der Waals surface area (Å²) in [4.78, 5) is 0. The van der Waals surface area contributed by atoms with E-state index in [9.17, 15) is 0 Å². The summed E-state index contributed by atoms with van der Waals surface area (Å²) in [7, 11) is 0. The number of hydrogen-bond acceptors (Lipinski definition) is 2. The zero-order valence-corrected chi connectivity index (χ0v) is 8.43. The molecule has 2 aliphatic rings. The summed E-state index contributed by atoms with van der Waals surface area (Å²) in [6.07, 6.45) is 6.88. The maximum atomic E-state index is 5.54. The minimum absolute atomic E-state index is 0.916. The Morgan fingerprint density at radius 2 is 1.85 bits per heavy atom. The molecule has 13 heavy (non-hydrogen) atoms. The maximum absolute atomic E-state index is 5.54. The highest BCUT2D eigenvalue weighted by atomic mass is 16.5. The Kier molecular flexibility index (Phi) is 3.62. The van der Waals surface area contributed by atoms with Crippen molar-refractivity contribution in [3.05, 3.63) is 0 Å². The molecule has 2 nitrogen and oxygen atoms in total. The minimum atomic E-state index is 0.916. The van der Waals surface area contributed by atoms with E-state index in [2.05, 4.69) is 5.32 Å². The SMILES string of the molecule is C(CNCC1CC1)COCC1CC1.